The summed E-state index contributed by atoms with van der Waals surface area (Å²) in [5, 5.41) is 0. The van der Waals surface area contributed by atoms with Gasteiger partial charge in [-0.1, -0.05) is 6.92 Å². The van der Waals surface area contributed by atoms with Gasteiger partial charge in [-0.25, -0.2) is 0 Å². The molecule has 15 heavy (non-hydrogen) atoms. The van der Waals surface area contributed by atoms with E-state index in [-0.39, 0.29) is 18.1 Å². The Morgan fingerprint density at radius 2 is 1.87 bits per heavy atom. The molecule has 0 amide bonds. The van der Waals surface area contributed by atoms with E-state index in [1.807, 2.05) is 6.92 Å². The number of allylic oxidation sites excluding steroid dienone is 2. The number of rotatable bonds is 1. The van der Waals surface area contributed by atoms with Crippen molar-refractivity contribution >= 4 is 23.1 Å². The summed E-state index contributed by atoms with van der Waals surface area (Å²) in [6, 6.07) is 0. The molecule has 0 N–H and O–H groups in total. The molecule has 0 fully saturated rings. The van der Waals surface area contributed by atoms with Gasteiger partial charge >= 0.3 is 0 Å². The average Bonchev–Trinajstić information content (AvgIpc) is 2.27. The van der Waals surface area contributed by atoms with Gasteiger partial charge in [0.25, 0.3) is 5.78 Å². The normalized spacial score (nSPS) is 23.7. The summed E-state index contributed by atoms with van der Waals surface area (Å²) in [6.07, 6.45) is 2.94. The Labute approximate surface area is 87.3 Å². The first-order chi connectivity index (χ1) is 7.06. The minimum Gasteiger partial charge on any atom is -0.295 e. The summed E-state index contributed by atoms with van der Waals surface area (Å²) >= 11 is 0. The molecular formula is C11H12O4. The SMILES string of the molecule is CCC1CCC(=O)C(=O)C(=O)C=CC1=O. The number of ketones is 4. The van der Waals surface area contributed by atoms with Crippen LogP contribution >= 0.6 is 0 Å². The molecule has 0 aliphatic heterocycles. The molecule has 4 heteroatoms. The number of carbonyl (C=O) groups is 4. The lowest BCUT2D eigenvalue weighted by atomic mass is 9.94. The zero-order valence-corrected chi connectivity index (χ0v) is 8.49. The highest BCUT2D eigenvalue weighted by Gasteiger charge is 2.25. The molecule has 1 unspecified atom stereocenters. The Morgan fingerprint density at radius 3 is 2.47 bits per heavy atom. The van der Waals surface area contributed by atoms with Crippen molar-refractivity contribution in [3.8, 4) is 0 Å². The van der Waals surface area contributed by atoms with Crippen molar-refractivity contribution in [2.75, 3.05) is 0 Å². The Balaban J connectivity index is 2.93. The molecule has 1 aliphatic rings. The minimum atomic E-state index is -1.02. The quantitative estimate of drug-likeness (QED) is 0.593. The third kappa shape index (κ3) is 2.68. The van der Waals surface area contributed by atoms with Gasteiger partial charge in [0.2, 0.25) is 11.6 Å². The lowest BCUT2D eigenvalue weighted by molar-refractivity contribution is -0.142. The van der Waals surface area contributed by atoms with E-state index in [1.165, 1.54) is 0 Å². The van der Waals surface area contributed by atoms with E-state index in [2.05, 4.69) is 0 Å². The molecule has 1 atom stereocenters. The molecule has 0 aromatic heterocycles. The number of carbonyl (C=O) groups excluding carboxylic acids is 4. The average molecular weight is 208 g/mol. The molecule has 0 saturated heterocycles. The molecule has 0 heterocycles. The van der Waals surface area contributed by atoms with Crippen molar-refractivity contribution in [1.29, 1.82) is 0 Å². The minimum absolute atomic E-state index is 0.0174. The van der Waals surface area contributed by atoms with Crippen molar-refractivity contribution in [2.24, 2.45) is 5.92 Å². The fourth-order valence-electron chi connectivity index (χ4n) is 1.47. The van der Waals surface area contributed by atoms with Crippen molar-refractivity contribution in [3.63, 3.8) is 0 Å². The van der Waals surface area contributed by atoms with Crippen LogP contribution in [0.5, 0.6) is 0 Å². The van der Waals surface area contributed by atoms with E-state index in [4.69, 9.17) is 0 Å². The summed E-state index contributed by atoms with van der Waals surface area (Å²) in [6.45, 7) is 1.84. The Kier molecular flexibility index (Phi) is 3.66. The van der Waals surface area contributed by atoms with Crippen LogP contribution in [-0.4, -0.2) is 23.1 Å². The van der Waals surface area contributed by atoms with Crippen molar-refractivity contribution < 1.29 is 19.2 Å². The number of Topliss-reactive ketones (excluding diaryl/α,β-unsaturated/α-hetero) is 2. The van der Waals surface area contributed by atoms with Crippen LogP contribution in [0.15, 0.2) is 12.2 Å². The molecule has 0 saturated carbocycles. The molecular weight excluding hydrogens is 196 g/mol. The van der Waals surface area contributed by atoms with Gasteiger partial charge in [-0.3, -0.25) is 19.2 Å². The summed E-state index contributed by atoms with van der Waals surface area (Å²) in [4.78, 5) is 44.8. The molecule has 0 aromatic carbocycles. The second kappa shape index (κ2) is 4.77. The van der Waals surface area contributed by atoms with Crippen molar-refractivity contribution in [3.05, 3.63) is 12.2 Å². The first-order valence-corrected chi connectivity index (χ1v) is 4.89. The van der Waals surface area contributed by atoms with E-state index in [1.54, 1.807) is 0 Å². The molecule has 1 aliphatic carbocycles. The summed E-state index contributed by atoms with van der Waals surface area (Å²) < 4.78 is 0. The van der Waals surface area contributed by atoms with Crippen LogP contribution in [-0.2, 0) is 19.2 Å². The van der Waals surface area contributed by atoms with Crippen LogP contribution in [0.25, 0.3) is 0 Å². The molecule has 80 valence electrons. The maximum Gasteiger partial charge on any atom is 0.268 e. The number of hydrogen-bond donors (Lipinski definition) is 0. The monoisotopic (exact) mass is 208 g/mol. The van der Waals surface area contributed by atoms with Gasteiger partial charge in [0.05, 0.1) is 0 Å². The summed E-state index contributed by atoms with van der Waals surface area (Å²) in [5.41, 5.74) is 0. The number of hydrogen-bond acceptors (Lipinski definition) is 4. The molecule has 0 bridgehead atoms. The first-order valence-electron chi connectivity index (χ1n) is 4.89. The highest BCUT2D eigenvalue weighted by molar-refractivity contribution is 6.66. The van der Waals surface area contributed by atoms with Gasteiger partial charge in [-0.15, -0.1) is 0 Å². The van der Waals surface area contributed by atoms with Crippen LogP contribution in [0, 0.1) is 5.92 Å². The van der Waals surface area contributed by atoms with Crippen LogP contribution in [0.1, 0.15) is 26.2 Å². The van der Waals surface area contributed by atoms with Crippen molar-refractivity contribution in [1.82, 2.24) is 0 Å². The largest absolute Gasteiger partial charge is 0.295 e. The lowest BCUT2D eigenvalue weighted by Crippen LogP contribution is -2.22. The third-order valence-electron chi connectivity index (χ3n) is 2.49. The predicted molar refractivity (Wildman–Crippen MR) is 52.2 cm³/mol. The van der Waals surface area contributed by atoms with E-state index in [0.717, 1.165) is 12.2 Å². The first kappa shape index (κ1) is 11.5. The lowest BCUT2D eigenvalue weighted by Gasteiger charge is -2.08. The second-order valence-electron chi connectivity index (χ2n) is 3.50. The topological polar surface area (TPSA) is 68.3 Å². The van der Waals surface area contributed by atoms with Crippen LogP contribution in [0.4, 0.5) is 0 Å². The molecule has 4 nitrogen and oxygen atoms in total. The highest BCUT2D eigenvalue weighted by atomic mass is 16.2. The standard InChI is InChI=1S/C11H12O4/c1-2-7-3-4-9(13)11(15)10(14)6-5-8(7)12/h5-7H,2-4H2,1H3. The van der Waals surface area contributed by atoms with E-state index in [9.17, 15) is 19.2 Å². The summed E-state index contributed by atoms with van der Waals surface area (Å²) in [7, 11) is 0. The highest BCUT2D eigenvalue weighted by Crippen LogP contribution is 2.15. The Hall–Kier alpha value is -1.58. The molecule has 0 radical (unpaired) electrons. The maximum absolute atomic E-state index is 11.4. The predicted octanol–water partition coefficient (Wildman–Crippen LogP) is 0.639. The fraction of sp³-hybridized carbons (Fsp3) is 0.455. The van der Waals surface area contributed by atoms with Crippen LogP contribution < -0.4 is 0 Å². The molecule has 0 spiro atoms. The zero-order valence-electron chi connectivity index (χ0n) is 8.49. The van der Waals surface area contributed by atoms with Gasteiger partial charge in [0.15, 0.2) is 5.78 Å². The molecule has 1 rings (SSSR count). The van der Waals surface area contributed by atoms with Crippen LogP contribution in [0.3, 0.4) is 0 Å². The fourth-order valence-corrected chi connectivity index (χ4v) is 1.47. The maximum atomic E-state index is 11.4. The van der Waals surface area contributed by atoms with Gasteiger partial charge in [-0.05, 0) is 25.0 Å². The van der Waals surface area contributed by atoms with E-state index < -0.39 is 17.3 Å². The van der Waals surface area contributed by atoms with Crippen molar-refractivity contribution in [2.45, 2.75) is 26.2 Å². The molecule has 0 aromatic rings. The summed E-state index contributed by atoms with van der Waals surface area (Å²) in [5.74, 6) is -3.06. The van der Waals surface area contributed by atoms with Gasteiger partial charge in [0, 0.05) is 12.3 Å². The second-order valence-corrected chi connectivity index (χ2v) is 3.50. The van der Waals surface area contributed by atoms with E-state index in [0.29, 0.717) is 12.8 Å². The van der Waals surface area contributed by atoms with E-state index >= 15 is 0 Å². The van der Waals surface area contributed by atoms with Gasteiger partial charge in [-0.2, -0.15) is 0 Å². The van der Waals surface area contributed by atoms with Gasteiger partial charge < -0.3 is 0 Å². The zero-order chi connectivity index (χ0) is 11.4. The Bertz CT molecular complexity index is 352. The third-order valence-corrected chi connectivity index (χ3v) is 2.49. The Morgan fingerprint density at radius 1 is 1.20 bits per heavy atom. The smallest absolute Gasteiger partial charge is 0.268 e. The van der Waals surface area contributed by atoms with Crippen LogP contribution in [0.2, 0.25) is 0 Å². The van der Waals surface area contributed by atoms with Gasteiger partial charge in [0.1, 0.15) is 0 Å².